The van der Waals surface area contributed by atoms with Gasteiger partial charge in [0.25, 0.3) is 0 Å². The minimum atomic E-state index is -0.589. The molecule has 1 aromatic carbocycles. The van der Waals surface area contributed by atoms with Crippen LogP contribution in [0.3, 0.4) is 0 Å². The van der Waals surface area contributed by atoms with Crippen LogP contribution in [-0.2, 0) is 44.8 Å². The summed E-state index contributed by atoms with van der Waals surface area (Å²) in [7, 11) is 0. The molecule has 6 saturated carbocycles. The molecule has 0 spiro atoms. The fourth-order valence-corrected chi connectivity index (χ4v) is 12.8. The van der Waals surface area contributed by atoms with E-state index in [4.69, 9.17) is 9.47 Å². The van der Waals surface area contributed by atoms with Crippen molar-refractivity contribution in [2.45, 2.75) is 223 Å². The fraction of sp³-hybridized carbons (Fsp3) is 0.759. The lowest BCUT2D eigenvalue weighted by atomic mass is 9.94. The average molecular weight is 959 g/mol. The molecule has 6 aliphatic carbocycles. The van der Waals surface area contributed by atoms with Crippen LogP contribution in [0.4, 0.5) is 4.79 Å². The Hall–Kier alpha value is -4.69. The van der Waals surface area contributed by atoms with Crippen LogP contribution in [0.5, 0.6) is 0 Å². The molecule has 6 amide bonds. The molecule has 12 atom stereocenters. The van der Waals surface area contributed by atoms with Crippen LogP contribution in [0.15, 0.2) is 30.3 Å². The van der Waals surface area contributed by atoms with Crippen LogP contribution in [0.25, 0.3) is 0 Å². The maximum Gasteiger partial charge on any atom is 0.407 e. The largest absolute Gasteiger partial charge is 0.461 e. The molecule has 1 aromatic rings. The Labute approximate surface area is 410 Å². The maximum absolute atomic E-state index is 13.5. The molecule has 382 valence electrons. The lowest BCUT2D eigenvalue weighted by Crippen LogP contribution is -2.45. The molecule has 0 bridgehead atoms. The summed E-state index contributed by atoms with van der Waals surface area (Å²) in [6.07, 6.45) is 17.5. The van der Waals surface area contributed by atoms with Crippen LogP contribution in [0, 0.1) is 35.5 Å². The highest BCUT2D eigenvalue weighted by Crippen LogP contribution is 2.35. The number of carbonyl (C=O) groups is 7. The molecule has 0 radical (unpaired) electrons. The summed E-state index contributed by atoms with van der Waals surface area (Å²) in [6, 6.07) is 9.19. The van der Waals surface area contributed by atoms with Crippen molar-refractivity contribution in [3.63, 3.8) is 0 Å². The quantitative estimate of drug-likeness (QED) is 0.0730. The molecule has 0 aromatic heterocycles. The van der Waals surface area contributed by atoms with Crippen molar-refractivity contribution in [3.05, 3.63) is 35.9 Å². The summed E-state index contributed by atoms with van der Waals surface area (Å²) in [6.45, 7) is 5.74. The molecule has 0 saturated heterocycles. The number of carbonyl (C=O) groups excluding carboxylic acids is 7. The van der Waals surface area contributed by atoms with Crippen molar-refractivity contribution in [1.82, 2.24) is 31.9 Å². The van der Waals surface area contributed by atoms with E-state index >= 15 is 0 Å². The minimum absolute atomic E-state index is 0.0247. The predicted octanol–water partition coefficient (Wildman–Crippen LogP) is 7.19. The van der Waals surface area contributed by atoms with Gasteiger partial charge >= 0.3 is 12.1 Å². The molecular weight excluding hydrogens is 877 g/mol. The van der Waals surface area contributed by atoms with Crippen LogP contribution < -0.4 is 31.9 Å². The van der Waals surface area contributed by atoms with Gasteiger partial charge in [0.2, 0.25) is 29.5 Å². The van der Waals surface area contributed by atoms with Crippen molar-refractivity contribution in [3.8, 4) is 0 Å². The topological polar surface area (TPSA) is 210 Å². The zero-order valence-electron chi connectivity index (χ0n) is 41.7. The smallest absolute Gasteiger partial charge is 0.407 e. The summed E-state index contributed by atoms with van der Waals surface area (Å²) < 4.78 is 11.0. The number of nitrogens with one attached hydrogen (secondary N) is 6. The van der Waals surface area contributed by atoms with Crippen LogP contribution in [0.2, 0.25) is 0 Å². The normalized spacial score (nSPS) is 30.9. The van der Waals surface area contributed by atoms with Gasteiger partial charge in [0.05, 0.1) is 6.42 Å². The second-order valence-electron chi connectivity index (χ2n) is 22.6. The molecule has 7 rings (SSSR count). The Kier molecular flexibility index (Phi) is 18.8. The van der Waals surface area contributed by atoms with E-state index in [-0.39, 0.29) is 120 Å². The predicted molar refractivity (Wildman–Crippen MR) is 261 cm³/mol. The summed E-state index contributed by atoms with van der Waals surface area (Å²) in [4.78, 5) is 92.2. The third kappa shape index (κ3) is 16.2. The maximum atomic E-state index is 13.5. The Balaban J connectivity index is 0.789. The number of hydrogen-bond acceptors (Lipinski definition) is 9. The van der Waals surface area contributed by atoms with Crippen molar-refractivity contribution in [2.24, 2.45) is 35.5 Å². The lowest BCUT2D eigenvalue weighted by molar-refractivity contribution is -0.146. The Morgan fingerprint density at radius 2 is 0.710 bits per heavy atom. The van der Waals surface area contributed by atoms with Crippen molar-refractivity contribution in [1.29, 1.82) is 0 Å². The van der Waals surface area contributed by atoms with Crippen molar-refractivity contribution < 1.29 is 43.0 Å². The highest BCUT2D eigenvalue weighted by atomic mass is 16.6. The Morgan fingerprint density at radius 3 is 1.01 bits per heavy atom. The van der Waals surface area contributed by atoms with E-state index in [1.54, 1.807) is 0 Å². The zero-order valence-corrected chi connectivity index (χ0v) is 41.7. The molecule has 0 aliphatic heterocycles. The van der Waals surface area contributed by atoms with Gasteiger partial charge in [0.1, 0.15) is 12.2 Å². The van der Waals surface area contributed by atoms with E-state index in [1.165, 1.54) is 0 Å². The highest BCUT2D eigenvalue weighted by Gasteiger charge is 2.39. The first-order valence-electron chi connectivity index (χ1n) is 26.8. The molecule has 69 heavy (non-hydrogen) atoms. The number of esters is 1. The van der Waals surface area contributed by atoms with Gasteiger partial charge in [0, 0.05) is 68.4 Å². The Bertz CT molecular complexity index is 1920. The SMILES string of the molecule is CC(C)(C)OC(=O)N[C@H]1CCC[C@@H]1CC(=O)N[C@H]1CCC[C@@H]1CC(=O)N[C@H]1CCC[C@@H]1CC(=O)N[C@H]1CCC[C@@H]1CC(=O)N[C@H]1CCC[C@@H]1CC(=O)N[C@H]1CCC[C@@H]1CC(=O)OCc1ccccc1. The zero-order chi connectivity index (χ0) is 48.9. The van der Waals surface area contributed by atoms with Crippen molar-refractivity contribution in [2.75, 3.05) is 0 Å². The van der Waals surface area contributed by atoms with E-state index < -0.39 is 11.7 Å². The molecule has 0 heterocycles. The summed E-state index contributed by atoms with van der Waals surface area (Å²) in [5.41, 5.74) is 0.358. The van der Waals surface area contributed by atoms with Gasteiger partial charge in [-0.15, -0.1) is 0 Å². The third-order valence-electron chi connectivity index (χ3n) is 16.3. The second kappa shape index (κ2) is 24.9. The standard InChI is InChI=1S/C54H82N6O9/c1-54(2,3)69-53(67)60-46-26-11-19-39(46)31-51(65)58-44-24-9-17-37(44)29-49(63)56-42-22-7-15-35(42)27-47(61)55-41-21-8-16-36(41)28-48(62)57-43-23-10-18-38(43)30-50(64)59-45-25-12-20-40(45)32-52(66)68-33-34-13-5-4-6-14-34/h4-6,13-14,35-46H,7-12,15-33H2,1-3H3,(H,55,61)(H,56,63)(H,57,62)(H,58,65)(H,59,64)(H,60,67)/t35-,36-,37-,38-,39-,40-,41+,42+,43+,44+,45+,46+/m1/s1. The minimum Gasteiger partial charge on any atom is -0.461 e. The third-order valence-corrected chi connectivity index (χ3v) is 16.3. The Morgan fingerprint density at radius 1 is 0.420 bits per heavy atom. The summed E-state index contributed by atoms with van der Waals surface area (Å²) in [5, 5.41) is 19.2. The van der Waals surface area contributed by atoms with E-state index in [1.807, 2.05) is 51.1 Å². The average Bonchev–Trinajstić information content (AvgIpc) is 4.17. The van der Waals surface area contributed by atoms with Crippen LogP contribution >= 0.6 is 0 Å². The molecule has 0 unspecified atom stereocenters. The number of rotatable bonds is 20. The molecular formula is C54H82N6O9. The lowest BCUT2D eigenvalue weighted by Gasteiger charge is -2.27. The number of amides is 6. The number of ether oxygens (including phenoxy) is 2. The highest BCUT2D eigenvalue weighted by molar-refractivity contribution is 5.80. The van der Waals surface area contributed by atoms with E-state index in [2.05, 4.69) is 31.9 Å². The summed E-state index contributed by atoms with van der Waals surface area (Å²) in [5.74, 6) is -0.0802. The fourth-order valence-electron chi connectivity index (χ4n) is 12.8. The number of alkyl carbamates (subject to hydrolysis) is 1. The second-order valence-corrected chi connectivity index (χ2v) is 22.6. The van der Waals surface area contributed by atoms with Gasteiger partial charge in [0.15, 0.2) is 0 Å². The van der Waals surface area contributed by atoms with E-state index in [9.17, 15) is 33.6 Å². The first-order valence-corrected chi connectivity index (χ1v) is 26.8. The van der Waals surface area contributed by atoms with Crippen LogP contribution in [0.1, 0.15) is 180 Å². The first kappa shape index (κ1) is 52.1. The molecule has 6 aliphatic rings. The molecule has 15 nitrogen and oxygen atoms in total. The van der Waals surface area contributed by atoms with Gasteiger partial charge in [-0.05, 0) is 139 Å². The number of hydrogen-bond donors (Lipinski definition) is 6. The molecule has 6 fully saturated rings. The van der Waals surface area contributed by atoms with E-state index in [0.29, 0.717) is 32.1 Å². The van der Waals surface area contributed by atoms with Gasteiger partial charge in [-0.25, -0.2) is 4.79 Å². The van der Waals surface area contributed by atoms with Gasteiger partial charge < -0.3 is 41.4 Å². The monoisotopic (exact) mass is 959 g/mol. The van der Waals surface area contributed by atoms with Gasteiger partial charge in [-0.2, -0.15) is 0 Å². The van der Waals surface area contributed by atoms with E-state index in [0.717, 1.165) is 121 Å². The summed E-state index contributed by atoms with van der Waals surface area (Å²) >= 11 is 0. The van der Waals surface area contributed by atoms with Gasteiger partial charge in [-0.3, -0.25) is 28.8 Å². The van der Waals surface area contributed by atoms with Crippen LogP contribution in [-0.4, -0.2) is 83.5 Å². The first-order chi connectivity index (χ1) is 33.1. The van der Waals surface area contributed by atoms with Crippen molar-refractivity contribution >= 4 is 41.6 Å². The molecule has 6 N–H and O–H groups in total. The van der Waals surface area contributed by atoms with Gasteiger partial charge in [-0.1, -0.05) is 68.9 Å². The molecule has 15 heteroatoms. The number of benzene rings is 1.